The molecule has 0 aromatic heterocycles. The maximum atomic E-state index is 13.0. The van der Waals surface area contributed by atoms with Crippen LogP contribution in [0.2, 0.25) is 10.0 Å². The number of benzene rings is 2. The van der Waals surface area contributed by atoms with Crippen molar-refractivity contribution >= 4 is 41.1 Å². The van der Waals surface area contributed by atoms with Crippen molar-refractivity contribution in [2.45, 2.75) is 6.92 Å². The monoisotopic (exact) mass is 371 g/mol. The normalized spacial score (nSPS) is 18.9. The van der Waals surface area contributed by atoms with Crippen molar-refractivity contribution in [3.63, 3.8) is 0 Å². The summed E-state index contributed by atoms with van der Waals surface area (Å²) in [7, 11) is 0. The highest BCUT2D eigenvalue weighted by Crippen LogP contribution is 2.26. The molecule has 1 saturated heterocycles. The third-order valence-corrected chi connectivity index (χ3v) is 4.98. The molecule has 1 aliphatic heterocycles. The highest BCUT2D eigenvalue weighted by atomic mass is 35.5. The summed E-state index contributed by atoms with van der Waals surface area (Å²) in [6.45, 7) is 4.21. The molecule has 25 heavy (non-hydrogen) atoms. The van der Waals surface area contributed by atoms with E-state index in [1.165, 1.54) is 0 Å². The van der Waals surface area contributed by atoms with Gasteiger partial charge in [0.05, 0.1) is 0 Å². The molecule has 1 aliphatic rings. The molecule has 0 amide bonds. The van der Waals surface area contributed by atoms with Gasteiger partial charge in [-0.3, -0.25) is 9.69 Å². The van der Waals surface area contributed by atoms with Gasteiger partial charge >= 0.3 is 0 Å². The lowest BCUT2D eigenvalue weighted by Crippen LogP contribution is -2.37. The Morgan fingerprint density at radius 1 is 0.880 bits per heavy atom. The fourth-order valence-electron chi connectivity index (χ4n) is 2.89. The molecule has 0 radical (unpaired) electrons. The van der Waals surface area contributed by atoms with E-state index >= 15 is 0 Å². The van der Waals surface area contributed by atoms with Crippen molar-refractivity contribution in [1.82, 2.24) is 4.90 Å². The summed E-state index contributed by atoms with van der Waals surface area (Å²) in [6, 6.07) is 15.1. The van der Waals surface area contributed by atoms with Crippen molar-refractivity contribution in [2.75, 3.05) is 19.6 Å². The molecule has 2 nitrogen and oxygen atoms in total. The molecule has 3 rings (SSSR count). The number of carbonyl (C=O) groups excluding carboxylic acids is 1. The number of nitrogens with zero attached hydrogens (tertiary/aromatic N) is 1. The van der Waals surface area contributed by atoms with E-state index in [2.05, 4.69) is 11.8 Å². The Morgan fingerprint density at radius 2 is 1.32 bits per heavy atom. The second kappa shape index (κ2) is 8.01. The Morgan fingerprint density at radius 3 is 1.72 bits per heavy atom. The molecule has 0 N–H and O–H groups in total. The van der Waals surface area contributed by atoms with E-state index in [1.807, 2.05) is 60.7 Å². The summed E-state index contributed by atoms with van der Waals surface area (Å²) >= 11 is 12.5. The zero-order chi connectivity index (χ0) is 17.8. The van der Waals surface area contributed by atoms with E-state index in [1.54, 1.807) is 0 Å². The van der Waals surface area contributed by atoms with Crippen molar-refractivity contribution in [2.24, 2.45) is 0 Å². The number of hydrogen-bond donors (Lipinski definition) is 0. The molecule has 1 heterocycles. The Kier molecular flexibility index (Phi) is 5.74. The molecule has 0 spiro atoms. The fourth-order valence-corrected chi connectivity index (χ4v) is 3.27. The van der Waals surface area contributed by atoms with Crippen molar-refractivity contribution in [3.8, 4) is 0 Å². The third kappa shape index (κ3) is 4.21. The van der Waals surface area contributed by atoms with E-state index in [4.69, 9.17) is 23.2 Å². The zero-order valence-electron chi connectivity index (χ0n) is 14.0. The maximum Gasteiger partial charge on any atom is 0.187 e. The molecule has 4 heteroatoms. The molecule has 0 atom stereocenters. The van der Waals surface area contributed by atoms with Gasteiger partial charge in [-0.25, -0.2) is 0 Å². The fraction of sp³-hybridized carbons (Fsp3) is 0.190. The summed E-state index contributed by atoms with van der Waals surface area (Å²) in [5.74, 6) is 0.0598. The summed E-state index contributed by atoms with van der Waals surface area (Å²) in [6.07, 6.45) is 3.79. The maximum absolute atomic E-state index is 13.0. The number of piperidine rings is 1. The Balaban J connectivity index is 2.00. The number of carbonyl (C=O) groups is 1. The van der Waals surface area contributed by atoms with Crippen LogP contribution in [0.15, 0.2) is 59.7 Å². The van der Waals surface area contributed by atoms with Crippen LogP contribution in [0.3, 0.4) is 0 Å². The van der Waals surface area contributed by atoms with Crippen LogP contribution in [-0.4, -0.2) is 30.3 Å². The van der Waals surface area contributed by atoms with Gasteiger partial charge in [-0.15, -0.1) is 0 Å². The molecular formula is C21H19Cl2NO. The van der Waals surface area contributed by atoms with Gasteiger partial charge in [0, 0.05) is 34.3 Å². The zero-order valence-corrected chi connectivity index (χ0v) is 15.5. The molecule has 0 aliphatic carbocycles. The topological polar surface area (TPSA) is 20.3 Å². The smallest absolute Gasteiger partial charge is 0.187 e. The molecule has 0 bridgehead atoms. The molecular weight excluding hydrogens is 353 g/mol. The van der Waals surface area contributed by atoms with E-state index in [-0.39, 0.29) is 5.78 Å². The summed E-state index contributed by atoms with van der Waals surface area (Å²) < 4.78 is 0. The van der Waals surface area contributed by atoms with E-state index < -0.39 is 0 Å². The average molecular weight is 372 g/mol. The lowest BCUT2D eigenvalue weighted by molar-refractivity contribution is -0.113. The molecule has 0 saturated carbocycles. The van der Waals surface area contributed by atoms with Crippen LogP contribution in [-0.2, 0) is 4.79 Å². The lowest BCUT2D eigenvalue weighted by atomic mass is 9.94. The second-order valence-corrected chi connectivity index (χ2v) is 6.83. The number of halogens is 2. The highest BCUT2D eigenvalue weighted by Gasteiger charge is 2.25. The molecule has 2 aromatic carbocycles. The lowest BCUT2D eigenvalue weighted by Gasteiger charge is -2.28. The van der Waals surface area contributed by atoms with Crippen molar-refractivity contribution in [1.29, 1.82) is 0 Å². The Bertz CT molecular complexity index is 787. The SMILES string of the molecule is CCN1CC(=Cc2ccccc2Cl)C(=O)C(=Cc2ccccc2Cl)C1. The Labute approximate surface area is 158 Å². The average Bonchev–Trinajstić information content (AvgIpc) is 2.62. The van der Waals surface area contributed by atoms with E-state index in [0.29, 0.717) is 23.1 Å². The van der Waals surface area contributed by atoms with Crippen LogP contribution in [0.4, 0.5) is 0 Å². The Hall–Kier alpha value is -1.87. The summed E-state index contributed by atoms with van der Waals surface area (Å²) in [4.78, 5) is 15.2. The van der Waals surface area contributed by atoms with Crippen molar-refractivity contribution in [3.05, 3.63) is 80.8 Å². The van der Waals surface area contributed by atoms with Gasteiger partial charge < -0.3 is 0 Å². The molecule has 2 aromatic rings. The van der Waals surface area contributed by atoms with Crippen LogP contribution in [0.25, 0.3) is 12.2 Å². The van der Waals surface area contributed by atoms with E-state index in [9.17, 15) is 4.79 Å². The first kappa shape index (κ1) is 17.9. The number of likely N-dealkylation sites (N-methyl/N-ethyl adjacent to an activating group) is 1. The van der Waals surface area contributed by atoms with E-state index in [0.717, 1.165) is 28.8 Å². The number of ketones is 1. The van der Waals surface area contributed by atoms with Crippen LogP contribution in [0.5, 0.6) is 0 Å². The number of rotatable bonds is 3. The van der Waals surface area contributed by atoms with Gasteiger partial charge in [0.25, 0.3) is 0 Å². The first-order valence-electron chi connectivity index (χ1n) is 8.25. The predicted molar refractivity (Wildman–Crippen MR) is 106 cm³/mol. The molecule has 0 unspecified atom stereocenters. The van der Waals surface area contributed by atoms with Crippen molar-refractivity contribution < 1.29 is 4.79 Å². The quantitative estimate of drug-likeness (QED) is 0.676. The van der Waals surface area contributed by atoms with Gasteiger partial charge in [0.2, 0.25) is 0 Å². The van der Waals surface area contributed by atoms with Gasteiger partial charge in [-0.2, -0.15) is 0 Å². The molecule has 1 fully saturated rings. The minimum Gasteiger partial charge on any atom is -0.295 e. The van der Waals surface area contributed by atoms with Crippen LogP contribution < -0.4 is 0 Å². The molecule has 128 valence electrons. The van der Waals surface area contributed by atoms with Gasteiger partial charge in [-0.05, 0) is 42.0 Å². The van der Waals surface area contributed by atoms with Crippen LogP contribution in [0, 0.1) is 0 Å². The second-order valence-electron chi connectivity index (χ2n) is 6.01. The first-order valence-corrected chi connectivity index (χ1v) is 9.01. The van der Waals surface area contributed by atoms with Crippen LogP contribution >= 0.6 is 23.2 Å². The van der Waals surface area contributed by atoms with Gasteiger partial charge in [0.1, 0.15) is 0 Å². The summed E-state index contributed by atoms with van der Waals surface area (Å²) in [5.41, 5.74) is 3.23. The largest absolute Gasteiger partial charge is 0.295 e. The standard InChI is InChI=1S/C21H19Cl2NO/c1-2-24-13-17(11-15-7-3-5-9-19(15)22)21(25)18(14-24)12-16-8-4-6-10-20(16)23/h3-12H,2,13-14H2,1H3. The number of likely N-dealkylation sites (tertiary alicyclic amines) is 1. The first-order chi connectivity index (χ1) is 12.1. The van der Waals surface area contributed by atoms with Gasteiger partial charge in [0.15, 0.2) is 5.78 Å². The minimum absolute atomic E-state index is 0.0598. The predicted octanol–water partition coefficient (Wildman–Crippen LogP) is 5.37. The minimum atomic E-state index is 0.0598. The van der Waals surface area contributed by atoms with Gasteiger partial charge in [-0.1, -0.05) is 66.5 Å². The summed E-state index contributed by atoms with van der Waals surface area (Å²) in [5, 5.41) is 1.29. The number of hydrogen-bond acceptors (Lipinski definition) is 2. The third-order valence-electron chi connectivity index (χ3n) is 4.29. The number of Topliss-reactive ketones (excluding diaryl/α,β-unsaturated/α-hetero) is 1. The highest BCUT2D eigenvalue weighted by molar-refractivity contribution is 6.33. The van der Waals surface area contributed by atoms with Crippen LogP contribution in [0.1, 0.15) is 18.1 Å².